The van der Waals surface area contributed by atoms with Gasteiger partial charge in [-0.3, -0.25) is 4.79 Å². The van der Waals surface area contributed by atoms with Gasteiger partial charge in [0.2, 0.25) is 0 Å². The number of carbonyl (C=O) groups is 1. The van der Waals surface area contributed by atoms with Crippen molar-refractivity contribution in [2.24, 2.45) is 0 Å². The number of hydrogen-bond donors (Lipinski definition) is 2. The molecule has 1 aromatic carbocycles. The summed E-state index contributed by atoms with van der Waals surface area (Å²) in [5.74, 6) is -0.962. The second-order valence-corrected chi connectivity index (χ2v) is 1.84. The van der Waals surface area contributed by atoms with Crippen LogP contribution in [0.4, 0.5) is 5.69 Å². The smallest absolute Gasteiger partial charge is 0.278 e. The molecule has 0 unspecified atom stereocenters. The van der Waals surface area contributed by atoms with Gasteiger partial charge in [-0.1, -0.05) is 11.3 Å². The van der Waals surface area contributed by atoms with Crippen molar-refractivity contribution in [3.8, 4) is 0 Å². The Labute approximate surface area is 88.0 Å². The molecule has 0 aliphatic carbocycles. The topological polar surface area (TPSA) is 63.3 Å². The van der Waals surface area contributed by atoms with E-state index in [1.54, 1.807) is 0 Å². The van der Waals surface area contributed by atoms with Gasteiger partial charge in [-0.2, -0.15) is 18.2 Å². The van der Waals surface area contributed by atoms with E-state index in [0.717, 1.165) is 0 Å². The van der Waals surface area contributed by atoms with E-state index in [0.29, 0.717) is 5.69 Å². The molecule has 0 radical (unpaired) electrons. The maximum Gasteiger partial charge on any atom is 0.278 e. The van der Waals surface area contributed by atoms with E-state index in [1.165, 1.54) is 18.2 Å². The Balaban J connectivity index is 0.000001000. The molecule has 0 aliphatic rings. The van der Waals surface area contributed by atoms with Gasteiger partial charge in [0.1, 0.15) is 0 Å². The number of nitrogens with two attached hydrogens (primary N) is 1. The summed E-state index contributed by atoms with van der Waals surface area (Å²) in [4.78, 5) is 10.3. The zero-order valence-electron chi connectivity index (χ0n) is 5.66. The first-order valence-corrected chi connectivity index (χ1v) is 2.70. The second kappa shape index (κ2) is 4.43. The molecule has 0 aromatic heterocycles. The van der Waals surface area contributed by atoms with Gasteiger partial charge in [-0.25, -0.2) is 0 Å². The Morgan fingerprint density at radius 2 is 2.18 bits per heavy atom. The van der Waals surface area contributed by atoms with Crippen molar-refractivity contribution in [1.29, 1.82) is 0 Å². The monoisotopic (exact) mass is 374 g/mol. The van der Waals surface area contributed by atoms with Crippen molar-refractivity contribution in [1.82, 2.24) is 0 Å². The van der Waals surface area contributed by atoms with E-state index in [2.05, 4.69) is 6.07 Å². The van der Waals surface area contributed by atoms with Crippen LogP contribution in [0.25, 0.3) is 0 Å². The zero-order chi connectivity index (χ0) is 7.56. The van der Waals surface area contributed by atoms with Gasteiger partial charge >= 0.3 is 0 Å². The summed E-state index contributed by atoms with van der Waals surface area (Å²) in [7, 11) is 0. The molecule has 0 saturated carbocycles. The van der Waals surface area contributed by atoms with Gasteiger partial charge in [0.05, 0.1) is 0 Å². The number of benzene rings is 1. The fourth-order valence-corrected chi connectivity index (χ4v) is 0.570. The van der Waals surface area contributed by atoms with Crippen LogP contribution in [-0.4, -0.2) is 11.1 Å². The van der Waals surface area contributed by atoms with Gasteiger partial charge in [-0.05, 0) is 0 Å². The number of hydrogen-bond acceptors (Lipinski definition) is 2. The molecule has 0 spiro atoms. The summed E-state index contributed by atoms with van der Waals surface area (Å²) >= 11 is 0. The average Bonchev–Trinajstić information content (AvgIpc) is 1.88. The minimum Gasteiger partial charge on any atom is -0.487 e. The Morgan fingerprint density at radius 3 is 2.55 bits per heavy atom. The molecule has 4 heteroatoms. The molecule has 0 heterocycles. The fraction of sp³-hybridized carbons (Fsp3) is 0. The Bertz CT molecular complexity index is 245. The quantitative estimate of drug-likeness (QED) is 0.564. The molecule has 0 fully saturated rings. The third-order valence-corrected chi connectivity index (χ3v) is 1.08. The Hall–Kier alpha value is -0.458. The van der Waals surface area contributed by atoms with Crippen LogP contribution in [0.3, 0.4) is 0 Å². The molecule has 0 bridgehead atoms. The Kier molecular flexibility index (Phi) is 4.24. The zero-order valence-corrected chi connectivity index (χ0v) is 9.83. The first kappa shape index (κ1) is 10.5. The largest absolute Gasteiger partial charge is 0.487 e. The predicted octanol–water partition coefficient (Wildman–Crippen LogP) is 0.767. The number of nitrogen functional groups attached to an aromatic ring is 1. The molecule has 3 nitrogen and oxygen atoms in total. The Morgan fingerprint density at radius 1 is 1.55 bits per heavy atom. The summed E-state index contributed by atoms with van der Waals surface area (Å²) in [5.41, 5.74) is 5.93. The normalized spacial score (nSPS) is 8.36. The maximum atomic E-state index is 10.3. The van der Waals surface area contributed by atoms with Crippen LogP contribution < -0.4 is 5.73 Å². The van der Waals surface area contributed by atoms with Crippen molar-refractivity contribution >= 4 is 11.7 Å². The number of rotatable bonds is 1. The van der Waals surface area contributed by atoms with Crippen LogP contribution in [0.1, 0.15) is 10.4 Å². The fourth-order valence-electron chi connectivity index (χ4n) is 0.570. The molecule has 1 aromatic rings. The van der Waals surface area contributed by atoms with Crippen LogP contribution in [-0.2, 0) is 0 Å². The molecular weight excluding hydrogens is 368 g/mol. The average molecular weight is 374 g/mol. The maximum absolute atomic E-state index is 10.3. The van der Waals surface area contributed by atoms with Crippen LogP contribution >= 0.6 is 0 Å². The molecule has 56 valence electrons. The third-order valence-electron chi connectivity index (χ3n) is 1.08. The molecular formula is C7H6NO2U-. The van der Waals surface area contributed by atoms with E-state index >= 15 is 0 Å². The molecule has 3 N–H and O–H groups in total. The van der Waals surface area contributed by atoms with Crippen molar-refractivity contribution in [3.05, 3.63) is 29.8 Å². The van der Waals surface area contributed by atoms with Gasteiger partial charge in [0.15, 0.2) is 0 Å². The first-order chi connectivity index (χ1) is 4.70. The van der Waals surface area contributed by atoms with E-state index in [9.17, 15) is 4.79 Å². The first-order valence-electron chi connectivity index (χ1n) is 2.70. The number of anilines is 1. The van der Waals surface area contributed by atoms with Crippen LogP contribution in [0, 0.1) is 37.2 Å². The van der Waals surface area contributed by atoms with Gasteiger partial charge in [0, 0.05) is 31.1 Å². The minimum absolute atomic E-state index is 0. The molecule has 0 atom stereocenters. The molecule has 0 saturated heterocycles. The summed E-state index contributed by atoms with van der Waals surface area (Å²) in [6.45, 7) is 0. The number of carboxylic acid groups (broad SMARTS) is 1. The van der Waals surface area contributed by atoms with Crippen molar-refractivity contribution < 1.29 is 41.0 Å². The standard InChI is InChI=1S/C7H6NO2.U/c8-6-3-1-5(2-4-6)7(9)10;/h1-3H,8H2,(H,9,10);/q-1;. The van der Waals surface area contributed by atoms with E-state index in [1.807, 2.05) is 0 Å². The van der Waals surface area contributed by atoms with E-state index < -0.39 is 5.97 Å². The summed E-state index contributed by atoms with van der Waals surface area (Å²) < 4.78 is 0. The second-order valence-electron chi connectivity index (χ2n) is 1.84. The van der Waals surface area contributed by atoms with Crippen molar-refractivity contribution in [2.75, 3.05) is 5.73 Å². The third kappa shape index (κ3) is 2.96. The van der Waals surface area contributed by atoms with Crippen LogP contribution in [0.15, 0.2) is 18.2 Å². The van der Waals surface area contributed by atoms with Gasteiger partial charge in [-0.15, -0.1) is 6.07 Å². The minimum atomic E-state index is -0.962. The van der Waals surface area contributed by atoms with Gasteiger partial charge < -0.3 is 10.8 Å². The summed E-state index contributed by atoms with van der Waals surface area (Å²) in [6, 6.07) is 6.87. The molecule has 0 aliphatic heterocycles. The number of aromatic carboxylic acids is 1. The van der Waals surface area contributed by atoms with Crippen molar-refractivity contribution in [3.63, 3.8) is 0 Å². The molecule has 11 heavy (non-hydrogen) atoms. The van der Waals surface area contributed by atoms with Crippen LogP contribution in [0.5, 0.6) is 0 Å². The van der Waals surface area contributed by atoms with Crippen LogP contribution in [0.2, 0.25) is 0 Å². The molecule has 1 rings (SSSR count). The SMILES string of the molecule is Nc1[c-]cc(C(=O)O)cc1.[U]. The van der Waals surface area contributed by atoms with E-state index in [4.69, 9.17) is 10.8 Å². The van der Waals surface area contributed by atoms with E-state index in [-0.39, 0.29) is 36.7 Å². The summed E-state index contributed by atoms with van der Waals surface area (Å²) in [5, 5.41) is 8.41. The number of carboxylic acids is 1. The molecule has 0 amide bonds. The predicted molar refractivity (Wildman–Crippen MR) is 36.6 cm³/mol. The summed E-state index contributed by atoms with van der Waals surface area (Å²) in [6.07, 6.45) is 0. The van der Waals surface area contributed by atoms with Crippen molar-refractivity contribution in [2.45, 2.75) is 0 Å². The van der Waals surface area contributed by atoms with Gasteiger partial charge in [0.25, 0.3) is 5.97 Å².